The first kappa shape index (κ1) is 13.0. The number of carbonyl (C=O) groups excluding carboxylic acids is 2. The maximum Gasteiger partial charge on any atom is 0.264 e. The fourth-order valence-electron chi connectivity index (χ4n) is 1.93. The van der Waals surface area contributed by atoms with E-state index in [0.29, 0.717) is 26.2 Å². The van der Waals surface area contributed by atoms with Crippen LogP contribution in [0.5, 0.6) is 0 Å². The van der Waals surface area contributed by atoms with Crippen molar-refractivity contribution < 1.29 is 14.3 Å². The van der Waals surface area contributed by atoms with E-state index in [4.69, 9.17) is 4.74 Å². The molecule has 1 aromatic rings. The minimum atomic E-state index is -0.0132. The lowest BCUT2D eigenvalue weighted by molar-refractivity contribution is -0.136. The number of thiophene rings is 1. The van der Waals surface area contributed by atoms with Crippen LogP contribution in [0.15, 0.2) is 17.5 Å². The van der Waals surface area contributed by atoms with E-state index in [1.54, 1.807) is 9.80 Å². The van der Waals surface area contributed by atoms with Gasteiger partial charge in [-0.25, -0.2) is 0 Å². The molecule has 1 aliphatic rings. The van der Waals surface area contributed by atoms with E-state index in [2.05, 4.69) is 0 Å². The summed E-state index contributed by atoms with van der Waals surface area (Å²) in [6.07, 6.45) is 0. The second-order valence-electron chi connectivity index (χ2n) is 4.08. The predicted molar refractivity (Wildman–Crippen MR) is 68.7 cm³/mol. The van der Waals surface area contributed by atoms with Crippen LogP contribution in [0.25, 0.3) is 0 Å². The molecule has 1 saturated heterocycles. The Morgan fingerprint density at radius 3 is 2.50 bits per heavy atom. The van der Waals surface area contributed by atoms with Crippen LogP contribution >= 0.6 is 11.3 Å². The molecule has 0 atom stereocenters. The molecule has 2 heterocycles. The van der Waals surface area contributed by atoms with Gasteiger partial charge in [0.2, 0.25) is 5.91 Å². The van der Waals surface area contributed by atoms with Crippen LogP contribution in [-0.2, 0) is 9.53 Å². The average Bonchev–Trinajstić information content (AvgIpc) is 2.92. The first-order valence-electron chi connectivity index (χ1n) is 5.82. The molecule has 98 valence electrons. The normalized spacial score (nSPS) is 15.8. The molecule has 0 radical (unpaired) electrons. The Morgan fingerprint density at radius 2 is 1.94 bits per heavy atom. The summed E-state index contributed by atoms with van der Waals surface area (Å²) < 4.78 is 4.82. The fourth-order valence-corrected chi connectivity index (χ4v) is 2.62. The molecule has 6 heteroatoms. The highest BCUT2D eigenvalue weighted by molar-refractivity contribution is 7.12. The van der Waals surface area contributed by atoms with Crippen molar-refractivity contribution >= 4 is 23.2 Å². The number of amides is 2. The minimum absolute atomic E-state index is 0.0132. The Balaban J connectivity index is 1.87. The van der Waals surface area contributed by atoms with Crippen LogP contribution in [0, 0.1) is 0 Å². The predicted octanol–water partition coefficient (Wildman–Crippen LogP) is 0.679. The second-order valence-corrected chi connectivity index (χ2v) is 5.03. The van der Waals surface area contributed by atoms with Crippen molar-refractivity contribution in [2.45, 2.75) is 0 Å². The molecule has 18 heavy (non-hydrogen) atoms. The summed E-state index contributed by atoms with van der Waals surface area (Å²) in [4.78, 5) is 28.0. The Hall–Kier alpha value is -1.40. The second kappa shape index (κ2) is 5.97. The lowest BCUT2D eigenvalue weighted by atomic mass is 10.3. The van der Waals surface area contributed by atoms with Gasteiger partial charge in [0.15, 0.2) is 0 Å². The van der Waals surface area contributed by atoms with Gasteiger partial charge in [0.1, 0.15) is 6.61 Å². The lowest BCUT2D eigenvalue weighted by Crippen LogP contribution is -2.51. The van der Waals surface area contributed by atoms with Gasteiger partial charge in [0, 0.05) is 33.3 Å². The molecule has 0 spiro atoms. The average molecular weight is 268 g/mol. The van der Waals surface area contributed by atoms with Crippen LogP contribution in [0.2, 0.25) is 0 Å². The number of carbonyl (C=O) groups is 2. The molecule has 2 rings (SSSR count). The van der Waals surface area contributed by atoms with Gasteiger partial charge in [-0.1, -0.05) is 6.07 Å². The number of rotatable bonds is 3. The van der Waals surface area contributed by atoms with Gasteiger partial charge in [0.05, 0.1) is 4.88 Å². The van der Waals surface area contributed by atoms with Gasteiger partial charge >= 0.3 is 0 Å². The molecule has 1 aliphatic heterocycles. The van der Waals surface area contributed by atoms with Crippen LogP contribution in [-0.4, -0.2) is 61.5 Å². The summed E-state index contributed by atoms with van der Waals surface area (Å²) in [5.41, 5.74) is 0. The molecule has 0 bridgehead atoms. The third-order valence-electron chi connectivity index (χ3n) is 2.92. The van der Waals surface area contributed by atoms with E-state index < -0.39 is 0 Å². The number of ether oxygens (including phenoxy) is 1. The zero-order valence-corrected chi connectivity index (χ0v) is 11.1. The van der Waals surface area contributed by atoms with Gasteiger partial charge in [0.25, 0.3) is 5.91 Å². The third kappa shape index (κ3) is 2.88. The Bertz CT molecular complexity index is 411. The van der Waals surface area contributed by atoms with Crippen molar-refractivity contribution in [2.75, 3.05) is 39.9 Å². The molecular weight excluding hydrogens is 252 g/mol. The van der Waals surface area contributed by atoms with Crippen molar-refractivity contribution in [1.82, 2.24) is 9.80 Å². The number of hydrogen-bond donors (Lipinski definition) is 0. The first-order chi connectivity index (χ1) is 8.72. The van der Waals surface area contributed by atoms with E-state index in [0.717, 1.165) is 4.88 Å². The van der Waals surface area contributed by atoms with Crippen molar-refractivity contribution in [1.29, 1.82) is 0 Å². The van der Waals surface area contributed by atoms with E-state index in [1.165, 1.54) is 18.4 Å². The Labute approximate surface area is 110 Å². The molecule has 0 aliphatic carbocycles. The summed E-state index contributed by atoms with van der Waals surface area (Å²) >= 11 is 1.45. The molecule has 0 N–H and O–H groups in total. The molecule has 0 aromatic carbocycles. The van der Waals surface area contributed by atoms with Gasteiger partial charge in [-0.05, 0) is 11.4 Å². The van der Waals surface area contributed by atoms with Gasteiger partial charge in [-0.3, -0.25) is 9.59 Å². The molecular formula is C12H16N2O3S. The largest absolute Gasteiger partial charge is 0.375 e. The van der Waals surface area contributed by atoms with Gasteiger partial charge in [-0.15, -0.1) is 11.3 Å². The number of hydrogen-bond acceptors (Lipinski definition) is 4. The maximum absolute atomic E-state index is 12.1. The fraction of sp³-hybridized carbons (Fsp3) is 0.500. The summed E-state index contributed by atoms with van der Waals surface area (Å²) in [7, 11) is 1.51. The Morgan fingerprint density at radius 1 is 1.28 bits per heavy atom. The molecule has 1 fully saturated rings. The zero-order valence-electron chi connectivity index (χ0n) is 10.3. The highest BCUT2D eigenvalue weighted by atomic mass is 32.1. The SMILES string of the molecule is COCC(=O)N1CCN(C(=O)c2cccs2)CC1. The molecule has 0 saturated carbocycles. The van der Waals surface area contributed by atoms with Crippen LogP contribution < -0.4 is 0 Å². The van der Waals surface area contributed by atoms with Gasteiger partial charge in [-0.2, -0.15) is 0 Å². The lowest BCUT2D eigenvalue weighted by Gasteiger charge is -2.34. The molecule has 5 nitrogen and oxygen atoms in total. The summed E-state index contributed by atoms with van der Waals surface area (Å²) in [6.45, 7) is 2.45. The quantitative estimate of drug-likeness (QED) is 0.810. The monoisotopic (exact) mass is 268 g/mol. The van der Waals surface area contributed by atoms with Crippen LogP contribution in [0.4, 0.5) is 0 Å². The smallest absolute Gasteiger partial charge is 0.264 e. The Kier molecular flexibility index (Phi) is 4.33. The molecule has 0 unspecified atom stereocenters. The number of piperazine rings is 1. The summed E-state index contributed by atoms with van der Waals surface area (Å²) in [5.74, 6) is 0.0459. The first-order valence-corrected chi connectivity index (χ1v) is 6.70. The van der Waals surface area contributed by atoms with Crippen molar-refractivity contribution in [2.24, 2.45) is 0 Å². The summed E-state index contributed by atoms with van der Waals surface area (Å²) in [6, 6.07) is 3.70. The van der Waals surface area contributed by atoms with Crippen LogP contribution in [0.3, 0.4) is 0 Å². The van der Waals surface area contributed by atoms with E-state index in [9.17, 15) is 9.59 Å². The topological polar surface area (TPSA) is 49.9 Å². The molecule has 2 amide bonds. The minimum Gasteiger partial charge on any atom is -0.375 e. The van der Waals surface area contributed by atoms with Crippen molar-refractivity contribution in [3.8, 4) is 0 Å². The number of methoxy groups -OCH3 is 1. The van der Waals surface area contributed by atoms with E-state index in [1.807, 2.05) is 17.5 Å². The molecule has 1 aromatic heterocycles. The zero-order chi connectivity index (χ0) is 13.0. The standard InChI is InChI=1S/C12H16N2O3S/c1-17-9-11(15)13-4-6-14(7-5-13)12(16)10-3-2-8-18-10/h2-3,8H,4-7,9H2,1H3. The van der Waals surface area contributed by atoms with Crippen molar-refractivity contribution in [3.05, 3.63) is 22.4 Å². The van der Waals surface area contributed by atoms with E-state index >= 15 is 0 Å². The summed E-state index contributed by atoms with van der Waals surface area (Å²) in [5, 5.41) is 1.89. The van der Waals surface area contributed by atoms with Gasteiger partial charge < -0.3 is 14.5 Å². The van der Waals surface area contributed by atoms with Crippen molar-refractivity contribution in [3.63, 3.8) is 0 Å². The maximum atomic E-state index is 12.1. The van der Waals surface area contributed by atoms with Crippen LogP contribution in [0.1, 0.15) is 9.67 Å². The van der Waals surface area contributed by atoms with E-state index in [-0.39, 0.29) is 18.4 Å². The third-order valence-corrected chi connectivity index (χ3v) is 3.78. The highest BCUT2D eigenvalue weighted by Crippen LogP contribution is 2.13. The number of nitrogens with zero attached hydrogens (tertiary/aromatic N) is 2. The highest BCUT2D eigenvalue weighted by Gasteiger charge is 2.24.